The van der Waals surface area contributed by atoms with Crippen molar-refractivity contribution in [1.29, 1.82) is 0 Å². The summed E-state index contributed by atoms with van der Waals surface area (Å²) in [6.45, 7) is 2.74. The molecular weight excluding hydrogens is 312 g/mol. The van der Waals surface area contributed by atoms with Crippen LogP contribution in [0.25, 0.3) is 0 Å². The predicted molar refractivity (Wildman–Crippen MR) is 101 cm³/mol. The molecule has 2 heterocycles. The van der Waals surface area contributed by atoms with Gasteiger partial charge in [0, 0.05) is 18.3 Å². The van der Waals surface area contributed by atoms with Gasteiger partial charge in [-0.25, -0.2) is 0 Å². The van der Waals surface area contributed by atoms with Crippen molar-refractivity contribution >= 4 is 11.6 Å². The van der Waals surface area contributed by atoms with Crippen LogP contribution < -0.4 is 10.6 Å². The molecule has 2 N–H and O–H groups in total. The van der Waals surface area contributed by atoms with Crippen LogP contribution in [0.2, 0.25) is 0 Å². The van der Waals surface area contributed by atoms with Gasteiger partial charge >= 0.3 is 0 Å². The summed E-state index contributed by atoms with van der Waals surface area (Å²) in [5, 5.41) is 0. The summed E-state index contributed by atoms with van der Waals surface area (Å²) in [7, 11) is 4.29. The third kappa shape index (κ3) is 2.88. The number of hydrogen-bond acceptors (Lipinski definition) is 4. The maximum atomic E-state index is 12.7. The molecule has 5 nitrogen and oxygen atoms in total. The molecule has 0 aromatic heterocycles. The van der Waals surface area contributed by atoms with Crippen LogP contribution in [-0.4, -0.2) is 61.6 Å². The molecule has 0 bridgehead atoms. The molecule has 0 unspecified atom stereocenters. The Labute approximate surface area is 150 Å². The second kappa shape index (κ2) is 6.38. The third-order valence-electron chi connectivity index (χ3n) is 6.53. The van der Waals surface area contributed by atoms with Gasteiger partial charge in [0.25, 0.3) is 0 Å². The highest BCUT2D eigenvalue weighted by Gasteiger charge is 2.46. The van der Waals surface area contributed by atoms with Gasteiger partial charge in [0.2, 0.25) is 5.91 Å². The monoisotopic (exact) mass is 342 g/mol. The molecule has 2 atom stereocenters. The van der Waals surface area contributed by atoms with Gasteiger partial charge in [0.15, 0.2) is 0 Å². The van der Waals surface area contributed by atoms with Crippen LogP contribution in [0.5, 0.6) is 0 Å². The largest absolute Gasteiger partial charge is 0.326 e. The number of carbonyl (C=O) groups excluding carboxylic acids is 1. The topological polar surface area (TPSA) is 52.8 Å². The molecule has 1 aromatic rings. The minimum Gasteiger partial charge on any atom is -0.326 e. The number of rotatable bonds is 5. The second-order valence-electron chi connectivity index (χ2n) is 8.35. The van der Waals surface area contributed by atoms with Gasteiger partial charge in [-0.2, -0.15) is 0 Å². The molecule has 25 heavy (non-hydrogen) atoms. The van der Waals surface area contributed by atoms with Crippen LogP contribution in [-0.2, 0) is 10.2 Å². The molecule has 0 spiro atoms. The molecule has 1 amide bonds. The number of benzene rings is 1. The van der Waals surface area contributed by atoms with Gasteiger partial charge in [-0.05, 0) is 69.4 Å². The molecule has 5 heteroatoms. The number of anilines is 1. The van der Waals surface area contributed by atoms with E-state index in [2.05, 4.69) is 48.2 Å². The lowest BCUT2D eigenvalue weighted by Crippen LogP contribution is -2.41. The van der Waals surface area contributed by atoms with Crippen molar-refractivity contribution in [2.75, 3.05) is 38.8 Å². The van der Waals surface area contributed by atoms with Crippen molar-refractivity contribution < 1.29 is 4.79 Å². The SMILES string of the molecule is CN(C)CCC1(c2ccc(N3CN4CC[C@@H](N)[C@H]4C3=O)cc2)CCC1. The Kier molecular flexibility index (Phi) is 4.34. The molecule has 2 aliphatic heterocycles. The summed E-state index contributed by atoms with van der Waals surface area (Å²) in [6.07, 6.45) is 6.04. The van der Waals surface area contributed by atoms with E-state index in [1.165, 1.54) is 31.2 Å². The number of fused-ring (bicyclic) bond motifs is 1. The van der Waals surface area contributed by atoms with E-state index < -0.39 is 0 Å². The van der Waals surface area contributed by atoms with Gasteiger partial charge in [-0.1, -0.05) is 18.6 Å². The Bertz CT molecular complexity index is 638. The van der Waals surface area contributed by atoms with Crippen molar-refractivity contribution in [3.8, 4) is 0 Å². The molecule has 136 valence electrons. The summed E-state index contributed by atoms with van der Waals surface area (Å²) in [6, 6.07) is 8.65. The molecule has 0 radical (unpaired) electrons. The average Bonchev–Trinajstić information content (AvgIpc) is 3.08. The first kappa shape index (κ1) is 17.0. The van der Waals surface area contributed by atoms with Crippen molar-refractivity contribution in [3.63, 3.8) is 0 Å². The minimum atomic E-state index is -0.113. The zero-order valence-corrected chi connectivity index (χ0v) is 15.4. The Balaban J connectivity index is 1.50. The summed E-state index contributed by atoms with van der Waals surface area (Å²) in [5.74, 6) is 0.170. The van der Waals surface area contributed by atoms with E-state index in [1.54, 1.807) is 0 Å². The zero-order chi connectivity index (χ0) is 17.6. The molecule has 1 aromatic carbocycles. The van der Waals surface area contributed by atoms with E-state index in [4.69, 9.17) is 5.73 Å². The minimum absolute atomic E-state index is 0.0129. The highest BCUT2D eigenvalue weighted by Crippen LogP contribution is 2.47. The standard InChI is InChI=1S/C20H30N4O/c1-22(2)13-11-20(9-3-10-20)15-4-6-16(7-5-15)24-14-23-12-8-17(21)18(23)19(24)25/h4-7,17-18H,3,8-14,21H2,1-2H3/t17-,18+/m1/s1. The quantitative estimate of drug-likeness (QED) is 0.886. The van der Waals surface area contributed by atoms with Gasteiger partial charge in [0.1, 0.15) is 6.04 Å². The summed E-state index contributed by atoms with van der Waals surface area (Å²) >= 11 is 0. The van der Waals surface area contributed by atoms with Crippen LogP contribution in [0.15, 0.2) is 24.3 Å². The molecule has 4 rings (SSSR count). The van der Waals surface area contributed by atoms with Gasteiger partial charge in [-0.3, -0.25) is 14.6 Å². The first-order chi connectivity index (χ1) is 12.0. The van der Waals surface area contributed by atoms with E-state index in [0.29, 0.717) is 12.1 Å². The van der Waals surface area contributed by atoms with Crippen LogP contribution in [0.1, 0.15) is 37.7 Å². The lowest BCUT2D eigenvalue weighted by Gasteiger charge is -2.43. The van der Waals surface area contributed by atoms with Crippen LogP contribution in [0, 0.1) is 0 Å². The number of hydrogen-bond donors (Lipinski definition) is 1. The fourth-order valence-electron chi connectivity index (χ4n) is 4.72. The normalized spacial score (nSPS) is 28.5. The molecule has 1 aliphatic carbocycles. The van der Waals surface area contributed by atoms with Crippen LogP contribution >= 0.6 is 0 Å². The molecule has 1 saturated carbocycles. The number of nitrogens with zero attached hydrogens (tertiary/aromatic N) is 3. The van der Waals surface area contributed by atoms with Crippen molar-refractivity contribution in [2.24, 2.45) is 5.73 Å². The molecule has 2 saturated heterocycles. The van der Waals surface area contributed by atoms with E-state index in [1.807, 2.05) is 4.90 Å². The Morgan fingerprint density at radius 2 is 1.96 bits per heavy atom. The van der Waals surface area contributed by atoms with Crippen molar-refractivity contribution in [2.45, 2.75) is 49.6 Å². The van der Waals surface area contributed by atoms with Crippen LogP contribution in [0.4, 0.5) is 5.69 Å². The van der Waals surface area contributed by atoms with Crippen molar-refractivity contribution in [3.05, 3.63) is 29.8 Å². The predicted octanol–water partition coefficient (Wildman–Crippen LogP) is 1.77. The number of amides is 1. The van der Waals surface area contributed by atoms with E-state index in [0.717, 1.165) is 25.2 Å². The summed E-state index contributed by atoms with van der Waals surface area (Å²) < 4.78 is 0. The van der Waals surface area contributed by atoms with E-state index in [9.17, 15) is 4.79 Å². The average molecular weight is 342 g/mol. The van der Waals surface area contributed by atoms with Gasteiger partial charge in [-0.15, -0.1) is 0 Å². The number of carbonyl (C=O) groups is 1. The smallest absolute Gasteiger partial charge is 0.247 e. The maximum absolute atomic E-state index is 12.7. The van der Waals surface area contributed by atoms with Gasteiger partial charge < -0.3 is 10.6 Å². The van der Waals surface area contributed by atoms with Crippen LogP contribution in [0.3, 0.4) is 0 Å². The summed E-state index contributed by atoms with van der Waals surface area (Å²) in [4.78, 5) is 19.1. The molecule has 3 aliphatic rings. The maximum Gasteiger partial charge on any atom is 0.247 e. The van der Waals surface area contributed by atoms with Gasteiger partial charge in [0.05, 0.1) is 6.67 Å². The van der Waals surface area contributed by atoms with Crippen molar-refractivity contribution in [1.82, 2.24) is 9.80 Å². The fourth-order valence-corrected chi connectivity index (χ4v) is 4.72. The van der Waals surface area contributed by atoms with E-state index in [-0.39, 0.29) is 18.0 Å². The molecule has 3 fully saturated rings. The summed E-state index contributed by atoms with van der Waals surface area (Å²) in [5.41, 5.74) is 8.92. The first-order valence-electron chi connectivity index (χ1n) is 9.56. The highest BCUT2D eigenvalue weighted by atomic mass is 16.2. The lowest BCUT2D eigenvalue weighted by atomic mass is 9.62. The Morgan fingerprint density at radius 3 is 2.52 bits per heavy atom. The lowest BCUT2D eigenvalue weighted by molar-refractivity contribution is -0.119. The second-order valence-corrected chi connectivity index (χ2v) is 8.35. The Hall–Kier alpha value is -1.43. The Morgan fingerprint density at radius 1 is 1.24 bits per heavy atom. The van der Waals surface area contributed by atoms with E-state index >= 15 is 0 Å². The highest BCUT2D eigenvalue weighted by molar-refractivity contribution is 6.00. The first-order valence-corrected chi connectivity index (χ1v) is 9.56. The zero-order valence-electron chi connectivity index (χ0n) is 15.4. The molecular formula is C20H30N4O. The third-order valence-corrected chi connectivity index (χ3v) is 6.53. The number of nitrogens with two attached hydrogens (primary N) is 1. The fraction of sp³-hybridized carbons (Fsp3) is 0.650.